The molecule has 0 atom stereocenters. The first-order valence-electron chi connectivity index (χ1n) is 11.5. The van der Waals surface area contributed by atoms with Gasteiger partial charge in [0.2, 0.25) is 3.79 Å². The molecule has 0 N–H and O–H groups in total. The lowest BCUT2D eigenvalue weighted by molar-refractivity contribution is -0.0139. The zero-order chi connectivity index (χ0) is 24.7. The maximum Gasteiger partial charge on any atom is 0.203 e. The minimum absolute atomic E-state index is 0.196. The van der Waals surface area contributed by atoms with Crippen molar-refractivity contribution in [2.75, 3.05) is 19.6 Å². The normalized spacial score (nSPS) is 18.7. The van der Waals surface area contributed by atoms with Crippen molar-refractivity contribution in [3.63, 3.8) is 0 Å². The average Bonchev–Trinajstić information content (AvgIpc) is 2.75. The third kappa shape index (κ3) is 6.01. The Morgan fingerprint density at radius 3 is 2.32 bits per heavy atom. The van der Waals surface area contributed by atoms with Gasteiger partial charge in [-0.05, 0) is 74.4 Å². The fourth-order valence-electron chi connectivity index (χ4n) is 4.65. The Labute approximate surface area is 216 Å². The first-order chi connectivity index (χ1) is 15.9. The van der Waals surface area contributed by atoms with Crippen LogP contribution < -0.4 is 4.74 Å². The lowest BCUT2D eigenvalue weighted by Gasteiger charge is -2.45. The number of piperidine rings is 1. The highest BCUT2D eigenvalue weighted by Crippen LogP contribution is 2.41. The molecule has 2 aliphatic rings. The SMILES string of the molecule is CC(C)S(=O)(=O)Cc1ccc(-c2ccc3c(c2)CCC2(CCN(CC(Cl)(Cl)Cl)CC2)O3)cc1F. The van der Waals surface area contributed by atoms with Crippen molar-refractivity contribution >= 4 is 44.6 Å². The molecule has 4 rings (SSSR count). The van der Waals surface area contributed by atoms with Crippen LogP contribution >= 0.6 is 34.8 Å². The standard InChI is InChI=1S/C25H29Cl3FNO3S/c1-17(2)34(31,32)15-21-4-3-19(14-22(21)29)18-5-6-23-20(13-18)7-8-24(33-23)9-11-30(12-10-24)16-25(26,27)28/h3-6,13-14,17H,7-12,15-16H2,1-2H3. The van der Waals surface area contributed by atoms with Gasteiger partial charge in [0, 0.05) is 25.2 Å². The van der Waals surface area contributed by atoms with Crippen LogP contribution in [0, 0.1) is 5.82 Å². The number of aryl methyl sites for hydroxylation is 1. The van der Waals surface area contributed by atoms with Gasteiger partial charge in [-0.1, -0.05) is 53.0 Å². The molecule has 0 radical (unpaired) electrons. The van der Waals surface area contributed by atoms with E-state index in [2.05, 4.69) is 4.90 Å². The molecule has 2 aliphatic heterocycles. The van der Waals surface area contributed by atoms with Crippen LogP contribution in [-0.4, -0.2) is 47.6 Å². The molecule has 1 spiro atoms. The van der Waals surface area contributed by atoms with E-state index in [0.29, 0.717) is 12.1 Å². The Balaban J connectivity index is 1.46. The Kier molecular flexibility index (Phi) is 7.48. The fraction of sp³-hybridized carbons (Fsp3) is 0.520. The van der Waals surface area contributed by atoms with E-state index in [9.17, 15) is 12.8 Å². The predicted octanol–water partition coefficient (Wildman–Crippen LogP) is 6.35. The molecule has 2 aromatic carbocycles. The number of rotatable bonds is 5. The van der Waals surface area contributed by atoms with Crippen LogP contribution in [0.1, 0.15) is 44.2 Å². The predicted molar refractivity (Wildman–Crippen MR) is 137 cm³/mol. The molecular formula is C25H29Cl3FNO3S. The number of ether oxygens (including phenoxy) is 1. The summed E-state index contributed by atoms with van der Waals surface area (Å²) in [6.07, 6.45) is 3.54. The molecule has 0 bridgehead atoms. The Morgan fingerprint density at radius 1 is 1.06 bits per heavy atom. The molecule has 34 heavy (non-hydrogen) atoms. The fourth-order valence-corrected chi connectivity index (χ4v) is 6.16. The topological polar surface area (TPSA) is 46.6 Å². The third-order valence-electron chi connectivity index (χ3n) is 6.87. The molecule has 2 heterocycles. The van der Waals surface area contributed by atoms with Gasteiger partial charge in [-0.3, -0.25) is 4.90 Å². The van der Waals surface area contributed by atoms with E-state index < -0.39 is 24.7 Å². The summed E-state index contributed by atoms with van der Waals surface area (Å²) >= 11 is 17.8. The van der Waals surface area contributed by atoms with Gasteiger partial charge in [0.05, 0.1) is 11.0 Å². The number of halogens is 4. The Hall–Kier alpha value is -1.05. The number of benzene rings is 2. The van der Waals surface area contributed by atoms with Gasteiger partial charge in [0.25, 0.3) is 0 Å². The second kappa shape index (κ2) is 9.78. The molecule has 4 nitrogen and oxygen atoms in total. The molecule has 0 saturated carbocycles. The molecule has 0 amide bonds. The molecule has 1 fully saturated rings. The van der Waals surface area contributed by atoms with Crippen molar-refractivity contribution in [1.82, 2.24) is 4.90 Å². The summed E-state index contributed by atoms with van der Waals surface area (Å²) in [5.41, 5.74) is 2.69. The van der Waals surface area contributed by atoms with Crippen LogP contribution in [0.15, 0.2) is 36.4 Å². The minimum Gasteiger partial charge on any atom is -0.487 e. The molecule has 186 valence electrons. The summed E-state index contributed by atoms with van der Waals surface area (Å²) in [4.78, 5) is 2.16. The van der Waals surface area contributed by atoms with E-state index >= 15 is 0 Å². The number of nitrogens with zero attached hydrogens (tertiary/aromatic N) is 1. The average molecular weight is 549 g/mol. The molecule has 1 saturated heterocycles. The Bertz CT molecular complexity index is 1160. The van der Waals surface area contributed by atoms with Gasteiger partial charge >= 0.3 is 0 Å². The zero-order valence-electron chi connectivity index (χ0n) is 19.3. The van der Waals surface area contributed by atoms with Crippen molar-refractivity contribution in [2.45, 2.75) is 59.9 Å². The van der Waals surface area contributed by atoms with Gasteiger partial charge in [-0.15, -0.1) is 0 Å². The highest BCUT2D eigenvalue weighted by Gasteiger charge is 2.40. The number of likely N-dealkylation sites (tertiary alicyclic amines) is 1. The first-order valence-corrected chi connectivity index (χ1v) is 14.3. The molecule has 0 unspecified atom stereocenters. The summed E-state index contributed by atoms with van der Waals surface area (Å²) in [5.74, 6) is 0.0666. The monoisotopic (exact) mass is 547 g/mol. The number of alkyl halides is 3. The second-order valence-electron chi connectivity index (χ2n) is 9.66. The van der Waals surface area contributed by atoms with Crippen molar-refractivity contribution in [1.29, 1.82) is 0 Å². The van der Waals surface area contributed by atoms with Crippen LogP contribution in [0.2, 0.25) is 0 Å². The lowest BCUT2D eigenvalue weighted by atomic mass is 9.82. The quantitative estimate of drug-likeness (QED) is 0.409. The number of sulfone groups is 1. The van der Waals surface area contributed by atoms with Crippen molar-refractivity contribution in [2.24, 2.45) is 0 Å². The summed E-state index contributed by atoms with van der Waals surface area (Å²) in [5, 5.41) is -0.544. The number of hydrogen-bond acceptors (Lipinski definition) is 4. The summed E-state index contributed by atoms with van der Waals surface area (Å²) < 4.78 is 44.3. The van der Waals surface area contributed by atoms with Gasteiger partial charge in [0.15, 0.2) is 9.84 Å². The van der Waals surface area contributed by atoms with Crippen LogP contribution in [-0.2, 0) is 22.0 Å². The molecule has 0 aromatic heterocycles. The zero-order valence-corrected chi connectivity index (χ0v) is 22.4. The van der Waals surface area contributed by atoms with Gasteiger partial charge < -0.3 is 4.74 Å². The molecule has 0 aliphatic carbocycles. The largest absolute Gasteiger partial charge is 0.487 e. The van der Waals surface area contributed by atoms with Crippen LogP contribution in [0.5, 0.6) is 5.75 Å². The highest BCUT2D eigenvalue weighted by molar-refractivity contribution is 7.91. The van der Waals surface area contributed by atoms with Gasteiger partial charge in [-0.2, -0.15) is 0 Å². The smallest absolute Gasteiger partial charge is 0.203 e. The van der Waals surface area contributed by atoms with Crippen LogP contribution in [0.4, 0.5) is 4.39 Å². The van der Waals surface area contributed by atoms with Crippen molar-refractivity contribution in [3.05, 3.63) is 53.3 Å². The molecular weight excluding hydrogens is 520 g/mol. The highest BCUT2D eigenvalue weighted by atomic mass is 35.6. The van der Waals surface area contributed by atoms with Crippen LogP contribution in [0.25, 0.3) is 11.1 Å². The van der Waals surface area contributed by atoms with Gasteiger partial charge in [0.1, 0.15) is 17.2 Å². The van der Waals surface area contributed by atoms with E-state index in [1.54, 1.807) is 26.0 Å². The van der Waals surface area contributed by atoms with E-state index in [4.69, 9.17) is 39.5 Å². The molecule has 2 aromatic rings. The minimum atomic E-state index is -3.37. The van der Waals surface area contributed by atoms with Gasteiger partial charge in [-0.25, -0.2) is 12.8 Å². The number of hydrogen-bond donors (Lipinski definition) is 0. The third-order valence-corrected chi connectivity index (χ3v) is 9.38. The lowest BCUT2D eigenvalue weighted by Crippen LogP contribution is -2.51. The first kappa shape index (κ1) is 26.0. The van der Waals surface area contributed by atoms with Crippen molar-refractivity contribution < 1.29 is 17.5 Å². The van der Waals surface area contributed by atoms with E-state index in [1.165, 1.54) is 6.07 Å². The maximum atomic E-state index is 14.7. The summed E-state index contributed by atoms with van der Waals surface area (Å²) in [6.45, 7) is 5.26. The number of fused-ring (bicyclic) bond motifs is 1. The second-order valence-corrected chi connectivity index (χ2v) is 14.7. The summed E-state index contributed by atoms with van der Waals surface area (Å²) in [6, 6.07) is 10.7. The summed E-state index contributed by atoms with van der Waals surface area (Å²) in [7, 11) is -3.37. The van der Waals surface area contributed by atoms with E-state index in [1.807, 2.05) is 18.2 Å². The van der Waals surface area contributed by atoms with E-state index in [0.717, 1.165) is 55.6 Å². The van der Waals surface area contributed by atoms with Crippen LogP contribution in [0.3, 0.4) is 0 Å². The van der Waals surface area contributed by atoms with Crippen molar-refractivity contribution in [3.8, 4) is 16.9 Å². The Morgan fingerprint density at radius 2 is 1.71 bits per heavy atom. The maximum absolute atomic E-state index is 14.7. The van der Waals surface area contributed by atoms with E-state index in [-0.39, 0.29) is 16.9 Å². The molecule has 9 heteroatoms.